The Labute approximate surface area is 129 Å². The first-order chi connectivity index (χ1) is 10.4. The molecule has 0 unspecified atom stereocenters. The van der Waals surface area contributed by atoms with E-state index in [9.17, 15) is 18.0 Å². The molecule has 2 amide bonds. The topological polar surface area (TPSA) is 63.2 Å². The van der Waals surface area contributed by atoms with Gasteiger partial charge in [0.15, 0.2) is 5.13 Å². The van der Waals surface area contributed by atoms with Gasteiger partial charge in [0.2, 0.25) is 0 Å². The Kier molecular flexibility index (Phi) is 4.26. The van der Waals surface area contributed by atoms with E-state index in [0.717, 1.165) is 12.6 Å². The van der Waals surface area contributed by atoms with E-state index in [1.54, 1.807) is 0 Å². The first-order valence-electron chi connectivity index (χ1n) is 7.14. The lowest BCUT2D eigenvalue weighted by Gasteiger charge is -2.30. The smallest absolute Gasteiger partial charge is 0.378 e. The van der Waals surface area contributed by atoms with Gasteiger partial charge in [-0.25, -0.2) is 9.78 Å². The summed E-state index contributed by atoms with van der Waals surface area (Å²) in [6, 6.07) is -0.536. The normalized spacial score (nSPS) is 25.8. The quantitative estimate of drug-likeness (QED) is 0.891. The second kappa shape index (κ2) is 6.04. The fraction of sp³-hybridized carbons (Fsp3) is 0.692. The van der Waals surface area contributed by atoms with Crippen LogP contribution in [0.1, 0.15) is 30.6 Å². The first kappa shape index (κ1) is 15.5. The summed E-state index contributed by atoms with van der Waals surface area (Å²) in [5, 5.41) is 5.08. The summed E-state index contributed by atoms with van der Waals surface area (Å²) in [7, 11) is 0. The van der Waals surface area contributed by atoms with E-state index in [1.165, 1.54) is 12.8 Å². The second-order valence-corrected chi connectivity index (χ2v) is 6.62. The molecule has 0 bridgehead atoms. The van der Waals surface area contributed by atoms with Crippen LogP contribution in [-0.2, 0) is 10.9 Å². The molecule has 0 aromatic carbocycles. The van der Waals surface area contributed by atoms with Crippen LogP contribution in [0.4, 0.5) is 23.1 Å². The number of carbonyl (C=O) groups excluding carboxylic acids is 1. The number of halogens is 3. The molecular weight excluding hydrogens is 319 g/mol. The van der Waals surface area contributed by atoms with Crippen molar-refractivity contribution >= 4 is 22.5 Å². The Morgan fingerprint density at radius 3 is 2.77 bits per heavy atom. The predicted molar refractivity (Wildman–Crippen MR) is 74.8 cm³/mol. The third-order valence-corrected chi connectivity index (χ3v) is 4.76. The molecule has 1 aliphatic carbocycles. The number of carbonyl (C=O) groups is 1. The number of amides is 2. The average Bonchev–Trinajstić information content (AvgIpc) is 3.18. The molecule has 1 aromatic rings. The van der Waals surface area contributed by atoms with Gasteiger partial charge in [0.25, 0.3) is 0 Å². The Balaban J connectivity index is 1.50. The van der Waals surface area contributed by atoms with Crippen molar-refractivity contribution in [1.82, 2.24) is 10.3 Å². The second-order valence-electron chi connectivity index (χ2n) is 5.59. The molecule has 2 fully saturated rings. The van der Waals surface area contributed by atoms with Gasteiger partial charge >= 0.3 is 12.2 Å². The summed E-state index contributed by atoms with van der Waals surface area (Å²) in [4.78, 5) is 14.6. The van der Waals surface area contributed by atoms with E-state index in [-0.39, 0.29) is 17.3 Å². The third kappa shape index (κ3) is 3.89. The summed E-state index contributed by atoms with van der Waals surface area (Å²) >= 11 is 0.413. The van der Waals surface area contributed by atoms with E-state index in [2.05, 4.69) is 15.6 Å². The number of nitrogens with zero attached hydrogens (tertiary/aromatic N) is 1. The van der Waals surface area contributed by atoms with E-state index in [0.29, 0.717) is 30.3 Å². The summed E-state index contributed by atoms with van der Waals surface area (Å²) in [6.45, 7) is 0.599. The van der Waals surface area contributed by atoms with E-state index < -0.39 is 17.1 Å². The van der Waals surface area contributed by atoms with Crippen molar-refractivity contribution < 1.29 is 22.7 Å². The molecule has 1 aliphatic heterocycles. The number of thiazole rings is 1. The Morgan fingerprint density at radius 2 is 2.14 bits per heavy atom. The van der Waals surface area contributed by atoms with Crippen LogP contribution in [0.3, 0.4) is 0 Å². The SMILES string of the molecule is O=C(Nc1ncc(C(F)(F)F)s1)N[C@@H]1CCO[C@H](C2CC2)C1. The van der Waals surface area contributed by atoms with Crippen molar-refractivity contribution in [3.63, 3.8) is 0 Å². The Morgan fingerprint density at radius 1 is 1.36 bits per heavy atom. The van der Waals surface area contributed by atoms with Crippen LogP contribution in [0, 0.1) is 5.92 Å². The molecule has 5 nitrogen and oxygen atoms in total. The molecule has 2 aliphatic rings. The average molecular weight is 335 g/mol. The first-order valence-corrected chi connectivity index (χ1v) is 7.95. The number of alkyl halides is 3. The van der Waals surface area contributed by atoms with Crippen LogP contribution in [0.5, 0.6) is 0 Å². The van der Waals surface area contributed by atoms with Crippen LogP contribution in [0.2, 0.25) is 0 Å². The van der Waals surface area contributed by atoms with E-state index in [4.69, 9.17) is 4.74 Å². The molecule has 2 atom stereocenters. The summed E-state index contributed by atoms with van der Waals surface area (Å²) in [6.07, 6.45) is 0.276. The highest BCUT2D eigenvalue weighted by molar-refractivity contribution is 7.15. The zero-order valence-corrected chi connectivity index (χ0v) is 12.5. The number of nitrogens with one attached hydrogen (secondary N) is 2. The molecule has 1 aromatic heterocycles. The minimum absolute atomic E-state index is 0.0126. The van der Waals surface area contributed by atoms with Gasteiger partial charge in [-0.05, 0) is 31.6 Å². The van der Waals surface area contributed by atoms with Gasteiger partial charge in [0, 0.05) is 12.6 Å². The Bertz CT molecular complexity index is 545. The lowest BCUT2D eigenvalue weighted by Crippen LogP contribution is -2.44. The number of hydrogen-bond donors (Lipinski definition) is 2. The fourth-order valence-electron chi connectivity index (χ4n) is 2.54. The molecule has 22 heavy (non-hydrogen) atoms. The fourth-order valence-corrected chi connectivity index (χ4v) is 3.22. The van der Waals surface area contributed by atoms with Gasteiger partial charge in [-0.2, -0.15) is 13.2 Å². The standard InChI is InChI=1S/C13H16F3N3O2S/c14-13(15,16)10-6-17-12(22-10)19-11(20)18-8-3-4-21-9(5-8)7-1-2-7/h6-9H,1-5H2,(H2,17,18,19,20)/t8-,9+/m1/s1. The molecule has 1 saturated heterocycles. The van der Waals surface area contributed by atoms with Crippen molar-refractivity contribution in [2.45, 2.75) is 44.0 Å². The van der Waals surface area contributed by atoms with Crippen molar-refractivity contribution in [3.05, 3.63) is 11.1 Å². The van der Waals surface area contributed by atoms with E-state index >= 15 is 0 Å². The van der Waals surface area contributed by atoms with Crippen LogP contribution < -0.4 is 10.6 Å². The maximum atomic E-state index is 12.5. The van der Waals surface area contributed by atoms with Gasteiger partial charge < -0.3 is 10.1 Å². The number of aromatic nitrogens is 1. The van der Waals surface area contributed by atoms with Gasteiger partial charge in [0.1, 0.15) is 4.88 Å². The number of anilines is 1. The molecular formula is C13H16F3N3O2S. The maximum Gasteiger partial charge on any atom is 0.427 e. The monoisotopic (exact) mass is 335 g/mol. The lowest BCUT2D eigenvalue weighted by atomic mass is 10.0. The number of rotatable bonds is 3. The summed E-state index contributed by atoms with van der Waals surface area (Å²) < 4.78 is 43.1. The third-order valence-electron chi connectivity index (χ3n) is 3.80. The maximum absolute atomic E-state index is 12.5. The lowest BCUT2D eigenvalue weighted by molar-refractivity contribution is -0.134. The highest BCUT2D eigenvalue weighted by Gasteiger charge is 2.36. The van der Waals surface area contributed by atoms with Crippen LogP contribution in [0.25, 0.3) is 0 Å². The van der Waals surface area contributed by atoms with Gasteiger partial charge in [0.05, 0.1) is 12.3 Å². The van der Waals surface area contributed by atoms with Crippen molar-refractivity contribution in [3.8, 4) is 0 Å². The summed E-state index contributed by atoms with van der Waals surface area (Å²) in [5.41, 5.74) is 0. The van der Waals surface area contributed by atoms with Crippen LogP contribution >= 0.6 is 11.3 Å². The van der Waals surface area contributed by atoms with Crippen molar-refractivity contribution in [2.24, 2.45) is 5.92 Å². The van der Waals surface area contributed by atoms with Crippen molar-refractivity contribution in [1.29, 1.82) is 0 Å². The predicted octanol–water partition coefficient (Wildman–Crippen LogP) is 3.24. The summed E-state index contributed by atoms with van der Waals surface area (Å²) in [5.74, 6) is 0.598. The van der Waals surface area contributed by atoms with E-state index in [1.807, 2.05) is 0 Å². The van der Waals surface area contributed by atoms with Gasteiger partial charge in [-0.15, -0.1) is 0 Å². The zero-order chi connectivity index (χ0) is 15.7. The van der Waals surface area contributed by atoms with Crippen molar-refractivity contribution in [2.75, 3.05) is 11.9 Å². The molecule has 2 heterocycles. The molecule has 1 saturated carbocycles. The molecule has 9 heteroatoms. The Hall–Kier alpha value is -1.35. The number of ether oxygens (including phenoxy) is 1. The molecule has 3 rings (SSSR count). The minimum atomic E-state index is -4.44. The molecule has 0 radical (unpaired) electrons. The molecule has 122 valence electrons. The number of hydrogen-bond acceptors (Lipinski definition) is 4. The molecule has 2 N–H and O–H groups in total. The minimum Gasteiger partial charge on any atom is -0.378 e. The molecule has 0 spiro atoms. The largest absolute Gasteiger partial charge is 0.427 e. The highest BCUT2D eigenvalue weighted by atomic mass is 32.1. The van der Waals surface area contributed by atoms with Crippen LogP contribution in [0.15, 0.2) is 6.20 Å². The van der Waals surface area contributed by atoms with Crippen LogP contribution in [-0.4, -0.2) is 29.8 Å². The number of urea groups is 1. The van der Waals surface area contributed by atoms with Gasteiger partial charge in [-0.1, -0.05) is 11.3 Å². The van der Waals surface area contributed by atoms with Gasteiger partial charge in [-0.3, -0.25) is 5.32 Å². The highest BCUT2D eigenvalue weighted by Crippen LogP contribution is 2.38. The zero-order valence-electron chi connectivity index (χ0n) is 11.7.